The number of nitrogens with two attached hydrogens (primary N) is 1. The molecule has 8 nitrogen and oxygen atoms in total. The third-order valence-corrected chi connectivity index (χ3v) is 5.22. The minimum absolute atomic E-state index is 0.376. The van der Waals surface area contributed by atoms with Crippen molar-refractivity contribution in [3.63, 3.8) is 0 Å². The van der Waals surface area contributed by atoms with Crippen LogP contribution >= 0.6 is 0 Å². The number of rotatable bonds is 5. The molecule has 8 heteroatoms. The van der Waals surface area contributed by atoms with Gasteiger partial charge in [-0.25, -0.2) is 4.99 Å². The number of nitrogens with one attached hydrogen (secondary N) is 1. The van der Waals surface area contributed by atoms with Gasteiger partial charge in [0.05, 0.1) is 38.2 Å². The molecule has 0 radical (unpaired) electrons. The van der Waals surface area contributed by atoms with Gasteiger partial charge in [0.25, 0.3) is 0 Å². The Kier molecular flexibility index (Phi) is 8.00. The summed E-state index contributed by atoms with van der Waals surface area (Å²) in [6, 6.07) is 8.26. The van der Waals surface area contributed by atoms with Crippen molar-refractivity contribution in [3.8, 4) is 0 Å². The number of nitrogens with zero attached hydrogens (tertiary/aromatic N) is 3. The second-order valence-corrected chi connectivity index (χ2v) is 7.50. The van der Waals surface area contributed by atoms with E-state index in [-0.39, 0.29) is 0 Å². The Bertz CT molecular complexity index is 880. The standard InChI is InChI=1S/C19H22N4O2.C4H9NO/c1-14(13-24)10-18-21-17(15-4-3-5-16(20)11-15)12-19(22(18)2)23-6-8-25-9-7-23;1-5-4-2-6-3-4/h3-5,10-13H,1,6-9,20H2,2H3;4-5H,2-3H2,1H3/b18-10-;. The fourth-order valence-corrected chi connectivity index (χ4v) is 3.24. The summed E-state index contributed by atoms with van der Waals surface area (Å²) in [5.41, 5.74) is 8.71. The summed E-state index contributed by atoms with van der Waals surface area (Å²) < 4.78 is 10.3. The van der Waals surface area contributed by atoms with E-state index in [1.54, 1.807) is 6.08 Å². The van der Waals surface area contributed by atoms with E-state index in [1.165, 1.54) is 0 Å². The highest BCUT2D eigenvalue weighted by atomic mass is 16.5. The summed E-state index contributed by atoms with van der Waals surface area (Å²) in [5.74, 6) is 1.68. The lowest BCUT2D eigenvalue weighted by molar-refractivity contribution is -0.104. The lowest BCUT2D eigenvalue weighted by atomic mass is 10.1. The van der Waals surface area contributed by atoms with Crippen molar-refractivity contribution >= 4 is 17.7 Å². The SMILES string of the molecule is C=C(C=O)/C=C1/N=C(c2cccc(N)c2)C=C(N2CCOCC2)N1C.CNC1COC1. The van der Waals surface area contributed by atoms with Crippen LogP contribution in [-0.2, 0) is 14.3 Å². The highest BCUT2D eigenvalue weighted by Gasteiger charge is 2.24. The Morgan fingerprint density at radius 1 is 1.29 bits per heavy atom. The molecule has 2 saturated heterocycles. The number of likely N-dealkylation sites (N-methyl/N-ethyl adjacent to an activating group) is 1. The van der Waals surface area contributed by atoms with Crippen molar-refractivity contribution in [2.24, 2.45) is 4.99 Å². The zero-order chi connectivity index (χ0) is 22.2. The normalized spacial score (nSPS) is 20.3. The number of aliphatic imine (C=N–C) groups is 1. The summed E-state index contributed by atoms with van der Waals surface area (Å²) in [6.45, 7) is 8.53. The number of nitrogen functional groups attached to an aromatic ring is 1. The molecule has 1 aromatic carbocycles. The van der Waals surface area contributed by atoms with Crippen molar-refractivity contribution < 1.29 is 14.3 Å². The minimum Gasteiger partial charge on any atom is -0.399 e. The first kappa shape index (κ1) is 22.7. The van der Waals surface area contributed by atoms with Crippen molar-refractivity contribution in [1.82, 2.24) is 15.1 Å². The quantitative estimate of drug-likeness (QED) is 0.418. The molecule has 3 aliphatic rings. The number of benzene rings is 1. The third-order valence-electron chi connectivity index (χ3n) is 5.22. The molecule has 166 valence electrons. The molecule has 0 unspecified atom stereocenters. The van der Waals surface area contributed by atoms with Gasteiger partial charge in [0.15, 0.2) is 0 Å². The Morgan fingerprint density at radius 3 is 2.58 bits per heavy atom. The number of anilines is 1. The molecule has 0 spiro atoms. The third kappa shape index (κ3) is 6.04. The van der Waals surface area contributed by atoms with Crippen molar-refractivity contribution in [2.45, 2.75) is 6.04 Å². The monoisotopic (exact) mass is 425 g/mol. The second-order valence-electron chi connectivity index (χ2n) is 7.50. The largest absolute Gasteiger partial charge is 0.399 e. The van der Waals surface area contributed by atoms with Gasteiger partial charge in [0.1, 0.15) is 17.9 Å². The molecule has 1 aromatic rings. The van der Waals surface area contributed by atoms with E-state index in [0.717, 1.165) is 49.7 Å². The van der Waals surface area contributed by atoms with E-state index in [2.05, 4.69) is 16.8 Å². The molecular formula is C23H31N5O3. The molecule has 0 saturated carbocycles. The molecular weight excluding hydrogens is 394 g/mol. The summed E-state index contributed by atoms with van der Waals surface area (Å²) in [5, 5.41) is 3.08. The van der Waals surface area contributed by atoms with Crippen molar-refractivity contribution in [3.05, 3.63) is 65.8 Å². The Balaban J connectivity index is 0.000000391. The van der Waals surface area contributed by atoms with Gasteiger partial charge in [-0.2, -0.15) is 0 Å². The first-order chi connectivity index (χ1) is 15.0. The summed E-state index contributed by atoms with van der Waals surface area (Å²) >= 11 is 0. The maximum atomic E-state index is 11.0. The molecule has 3 aliphatic heterocycles. The van der Waals surface area contributed by atoms with Crippen LogP contribution < -0.4 is 11.1 Å². The van der Waals surface area contributed by atoms with Crippen LogP contribution in [0, 0.1) is 0 Å². The molecule has 3 N–H and O–H groups in total. The number of carbonyl (C=O) groups excluding carboxylic acids is 1. The zero-order valence-corrected chi connectivity index (χ0v) is 18.2. The highest BCUT2D eigenvalue weighted by molar-refractivity contribution is 6.10. The number of ether oxygens (including phenoxy) is 2. The fourth-order valence-electron chi connectivity index (χ4n) is 3.24. The summed E-state index contributed by atoms with van der Waals surface area (Å²) in [4.78, 5) is 19.9. The van der Waals surface area contributed by atoms with Crippen LogP contribution in [0.5, 0.6) is 0 Å². The van der Waals surface area contributed by atoms with Crippen LogP contribution in [0.4, 0.5) is 5.69 Å². The lowest BCUT2D eigenvalue weighted by Crippen LogP contribution is -2.43. The van der Waals surface area contributed by atoms with Gasteiger partial charge in [-0.3, -0.25) is 4.79 Å². The average Bonchev–Trinajstić information content (AvgIpc) is 2.75. The maximum Gasteiger partial charge on any atom is 0.149 e. The van der Waals surface area contributed by atoms with Gasteiger partial charge in [-0.15, -0.1) is 0 Å². The van der Waals surface area contributed by atoms with Crippen LogP contribution in [-0.4, -0.2) is 81.5 Å². The van der Waals surface area contributed by atoms with E-state index in [9.17, 15) is 4.79 Å². The number of hydrogen-bond donors (Lipinski definition) is 2. The van der Waals surface area contributed by atoms with Crippen LogP contribution in [0.25, 0.3) is 0 Å². The van der Waals surface area contributed by atoms with Gasteiger partial charge in [0, 0.05) is 43.0 Å². The Labute approximate surface area is 183 Å². The predicted molar refractivity (Wildman–Crippen MR) is 123 cm³/mol. The Hall–Kier alpha value is -2.94. The Morgan fingerprint density at radius 2 is 2.03 bits per heavy atom. The van der Waals surface area contributed by atoms with Crippen molar-refractivity contribution in [2.75, 3.05) is 59.3 Å². The van der Waals surface area contributed by atoms with E-state index in [0.29, 0.717) is 36.3 Å². The fraction of sp³-hybridized carbons (Fsp3) is 0.391. The molecule has 0 aromatic heterocycles. The topological polar surface area (TPSA) is 92.4 Å². The number of aldehydes is 1. The van der Waals surface area contributed by atoms with E-state index in [4.69, 9.17) is 20.2 Å². The van der Waals surface area contributed by atoms with Crippen molar-refractivity contribution in [1.29, 1.82) is 0 Å². The molecule has 2 fully saturated rings. The molecule has 0 amide bonds. The summed E-state index contributed by atoms with van der Waals surface area (Å²) in [7, 11) is 3.89. The van der Waals surface area contributed by atoms with E-state index < -0.39 is 0 Å². The minimum atomic E-state index is 0.376. The number of morpholine rings is 1. The molecule has 4 rings (SSSR count). The molecule has 3 heterocycles. The molecule has 0 aliphatic carbocycles. The predicted octanol–water partition coefficient (Wildman–Crippen LogP) is 1.38. The smallest absolute Gasteiger partial charge is 0.149 e. The number of carbonyl (C=O) groups is 1. The van der Waals surface area contributed by atoms with E-state index >= 15 is 0 Å². The van der Waals surface area contributed by atoms with Crippen LogP contribution in [0.15, 0.2) is 65.2 Å². The molecule has 0 atom stereocenters. The van der Waals surface area contributed by atoms with Gasteiger partial charge in [-0.05, 0) is 25.3 Å². The average molecular weight is 426 g/mol. The highest BCUT2D eigenvalue weighted by Crippen LogP contribution is 2.25. The van der Waals surface area contributed by atoms with Gasteiger partial charge in [0.2, 0.25) is 0 Å². The number of hydrogen-bond acceptors (Lipinski definition) is 8. The zero-order valence-electron chi connectivity index (χ0n) is 18.2. The lowest BCUT2D eigenvalue weighted by Gasteiger charge is -2.38. The molecule has 31 heavy (non-hydrogen) atoms. The van der Waals surface area contributed by atoms with Crippen LogP contribution in [0.1, 0.15) is 5.56 Å². The number of allylic oxidation sites excluding steroid dienone is 3. The van der Waals surface area contributed by atoms with E-state index in [1.807, 2.05) is 49.3 Å². The first-order valence-electron chi connectivity index (χ1n) is 10.4. The molecule has 0 bridgehead atoms. The van der Waals surface area contributed by atoms with Gasteiger partial charge < -0.3 is 30.3 Å². The first-order valence-corrected chi connectivity index (χ1v) is 10.4. The maximum absolute atomic E-state index is 11.0. The summed E-state index contributed by atoms with van der Waals surface area (Å²) in [6.07, 6.45) is 4.46. The van der Waals surface area contributed by atoms with Crippen LogP contribution in [0.2, 0.25) is 0 Å². The van der Waals surface area contributed by atoms with Crippen LogP contribution in [0.3, 0.4) is 0 Å². The second kappa shape index (κ2) is 10.9. The van der Waals surface area contributed by atoms with Gasteiger partial charge in [-0.1, -0.05) is 18.7 Å². The van der Waals surface area contributed by atoms with Gasteiger partial charge >= 0.3 is 0 Å².